The first-order chi connectivity index (χ1) is 10.1. The van der Waals surface area contributed by atoms with Gasteiger partial charge in [-0.25, -0.2) is 4.79 Å². The molecule has 1 N–H and O–H groups in total. The fourth-order valence-corrected chi connectivity index (χ4v) is 2.35. The van der Waals surface area contributed by atoms with Crippen molar-refractivity contribution in [2.45, 2.75) is 6.42 Å². The number of halogens is 1. The van der Waals surface area contributed by atoms with Crippen molar-refractivity contribution in [2.24, 2.45) is 0 Å². The highest BCUT2D eigenvalue weighted by Crippen LogP contribution is 2.17. The Bertz CT molecular complexity index is 670. The molecule has 0 aliphatic carbocycles. The minimum Gasteiger partial charge on any atom is -0.465 e. The molecule has 1 amide bonds. The van der Waals surface area contributed by atoms with E-state index in [2.05, 4.69) is 21.2 Å². The molecule has 21 heavy (non-hydrogen) atoms. The van der Waals surface area contributed by atoms with Gasteiger partial charge in [0.05, 0.1) is 24.8 Å². The minimum absolute atomic E-state index is 0.190. The van der Waals surface area contributed by atoms with Gasteiger partial charge in [0.1, 0.15) is 0 Å². The van der Waals surface area contributed by atoms with E-state index in [1.165, 1.54) is 7.11 Å². The molecule has 0 aliphatic heterocycles. The number of anilines is 1. The highest BCUT2D eigenvalue weighted by molar-refractivity contribution is 9.10. The summed E-state index contributed by atoms with van der Waals surface area (Å²) >= 11 is 3.37. The molecule has 0 unspecified atom stereocenters. The van der Waals surface area contributed by atoms with E-state index in [1.54, 1.807) is 24.3 Å². The number of benzene rings is 2. The Morgan fingerprint density at radius 3 is 2.62 bits per heavy atom. The molecule has 0 spiro atoms. The molecule has 2 aromatic carbocycles. The average Bonchev–Trinajstić information content (AvgIpc) is 2.47. The minimum atomic E-state index is -0.478. The second kappa shape index (κ2) is 7.04. The highest BCUT2D eigenvalue weighted by Gasteiger charge is 2.13. The Hall–Kier alpha value is -2.14. The summed E-state index contributed by atoms with van der Waals surface area (Å²) in [4.78, 5) is 23.7. The maximum absolute atomic E-state index is 12.1. The van der Waals surface area contributed by atoms with Gasteiger partial charge in [-0.05, 0) is 29.8 Å². The maximum Gasteiger partial charge on any atom is 0.339 e. The highest BCUT2D eigenvalue weighted by atomic mass is 79.9. The molecule has 0 saturated carbocycles. The zero-order valence-corrected chi connectivity index (χ0v) is 13.0. The lowest BCUT2D eigenvalue weighted by molar-refractivity contribution is -0.115. The van der Waals surface area contributed by atoms with E-state index in [4.69, 9.17) is 4.74 Å². The van der Waals surface area contributed by atoms with E-state index in [0.29, 0.717) is 11.3 Å². The molecule has 2 rings (SSSR count). The molecular weight excluding hydrogens is 334 g/mol. The molecule has 5 heteroatoms. The van der Waals surface area contributed by atoms with Crippen LogP contribution in [-0.2, 0) is 16.0 Å². The van der Waals surface area contributed by atoms with E-state index in [1.807, 2.05) is 24.3 Å². The van der Waals surface area contributed by atoms with Crippen molar-refractivity contribution in [2.75, 3.05) is 12.4 Å². The van der Waals surface area contributed by atoms with E-state index >= 15 is 0 Å². The fraction of sp³-hybridized carbons (Fsp3) is 0.125. The van der Waals surface area contributed by atoms with Crippen molar-refractivity contribution < 1.29 is 14.3 Å². The third-order valence-electron chi connectivity index (χ3n) is 2.86. The Morgan fingerprint density at radius 1 is 1.14 bits per heavy atom. The molecular formula is C16H14BrNO3. The molecule has 0 atom stereocenters. The second-order valence-corrected chi connectivity index (χ2v) is 5.31. The van der Waals surface area contributed by atoms with Crippen molar-refractivity contribution in [1.29, 1.82) is 0 Å². The lowest BCUT2D eigenvalue weighted by atomic mass is 10.1. The summed E-state index contributed by atoms with van der Waals surface area (Å²) in [5.74, 6) is -0.669. The van der Waals surface area contributed by atoms with Crippen LogP contribution in [0.4, 0.5) is 5.69 Å². The molecule has 2 aromatic rings. The number of para-hydroxylation sites is 1. The number of rotatable bonds is 4. The predicted molar refractivity (Wildman–Crippen MR) is 84.3 cm³/mol. The zero-order valence-electron chi connectivity index (χ0n) is 11.4. The number of ether oxygens (including phenoxy) is 1. The summed E-state index contributed by atoms with van der Waals surface area (Å²) < 4.78 is 5.62. The van der Waals surface area contributed by atoms with Crippen LogP contribution in [0.1, 0.15) is 15.9 Å². The van der Waals surface area contributed by atoms with Crippen LogP contribution in [0.2, 0.25) is 0 Å². The molecule has 0 heterocycles. The average molecular weight is 348 g/mol. The molecule has 4 nitrogen and oxygen atoms in total. The first-order valence-corrected chi connectivity index (χ1v) is 7.11. The number of nitrogens with one attached hydrogen (secondary N) is 1. The summed E-state index contributed by atoms with van der Waals surface area (Å²) in [7, 11) is 1.31. The van der Waals surface area contributed by atoms with Gasteiger partial charge in [-0.1, -0.05) is 40.2 Å². The summed E-state index contributed by atoms with van der Waals surface area (Å²) in [5, 5.41) is 2.74. The molecule has 0 fully saturated rings. The fourth-order valence-electron chi connectivity index (χ4n) is 1.91. The van der Waals surface area contributed by atoms with Gasteiger partial charge in [0, 0.05) is 4.47 Å². The van der Waals surface area contributed by atoms with Gasteiger partial charge >= 0.3 is 5.97 Å². The number of carbonyl (C=O) groups is 2. The summed E-state index contributed by atoms with van der Waals surface area (Å²) in [6.07, 6.45) is 0.231. The van der Waals surface area contributed by atoms with Gasteiger partial charge in [-0.15, -0.1) is 0 Å². The monoisotopic (exact) mass is 347 g/mol. The van der Waals surface area contributed by atoms with E-state index < -0.39 is 5.97 Å². The van der Waals surface area contributed by atoms with Gasteiger partial charge in [0.2, 0.25) is 5.91 Å². The van der Waals surface area contributed by atoms with Crippen LogP contribution in [0, 0.1) is 0 Å². The van der Waals surface area contributed by atoms with Gasteiger partial charge in [0.15, 0.2) is 0 Å². The lowest BCUT2D eigenvalue weighted by Crippen LogP contribution is -2.17. The van der Waals surface area contributed by atoms with Gasteiger partial charge < -0.3 is 10.1 Å². The van der Waals surface area contributed by atoms with Gasteiger partial charge in [-0.3, -0.25) is 4.79 Å². The quantitative estimate of drug-likeness (QED) is 0.862. The molecule has 0 saturated heterocycles. The maximum atomic E-state index is 12.1. The van der Waals surface area contributed by atoms with E-state index in [0.717, 1.165) is 10.0 Å². The number of hydrogen-bond acceptors (Lipinski definition) is 3. The molecule has 0 aromatic heterocycles. The summed E-state index contributed by atoms with van der Waals surface area (Å²) in [6, 6.07) is 14.3. The molecule has 0 bridgehead atoms. The van der Waals surface area contributed by atoms with Crippen LogP contribution in [0.5, 0.6) is 0 Å². The Balaban J connectivity index is 2.11. The number of amides is 1. The smallest absolute Gasteiger partial charge is 0.339 e. The van der Waals surface area contributed by atoms with Crippen molar-refractivity contribution in [3.8, 4) is 0 Å². The van der Waals surface area contributed by atoms with Crippen molar-refractivity contribution in [1.82, 2.24) is 0 Å². The molecule has 0 aliphatic rings. The topological polar surface area (TPSA) is 55.4 Å². The number of esters is 1. The van der Waals surface area contributed by atoms with Crippen molar-refractivity contribution in [3.05, 3.63) is 64.1 Å². The van der Waals surface area contributed by atoms with E-state index in [-0.39, 0.29) is 12.3 Å². The Kier molecular flexibility index (Phi) is 5.11. The van der Waals surface area contributed by atoms with Gasteiger partial charge in [0.25, 0.3) is 0 Å². The van der Waals surface area contributed by atoms with Gasteiger partial charge in [-0.2, -0.15) is 0 Å². The van der Waals surface area contributed by atoms with Crippen LogP contribution in [0.15, 0.2) is 53.0 Å². The largest absolute Gasteiger partial charge is 0.465 e. The number of carbonyl (C=O) groups excluding carboxylic acids is 2. The second-order valence-electron chi connectivity index (χ2n) is 4.39. The third kappa shape index (κ3) is 4.16. The third-order valence-corrected chi connectivity index (χ3v) is 3.35. The molecule has 108 valence electrons. The van der Waals surface area contributed by atoms with E-state index in [9.17, 15) is 9.59 Å². The zero-order chi connectivity index (χ0) is 15.2. The predicted octanol–water partition coefficient (Wildman–Crippen LogP) is 3.42. The van der Waals surface area contributed by atoms with Crippen LogP contribution < -0.4 is 5.32 Å². The first-order valence-electron chi connectivity index (χ1n) is 6.32. The first kappa shape index (κ1) is 15.3. The SMILES string of the molecule is COC(=O)c1ccccc1NC(=O)Cc1cccc(Br)c1. The lowest BCUT2D eigenvalue weighted by Gasteiger charge is -2.09. The van der Waals surface area contributed by atoms with Crippen LogP contribution in [0.25, 0.3) is 0 Å². The Labute approximate surface area is 131 Å². The van der Waals surface area contributed by atoms with Crippen molar-refractivity contribution in [3.63, 3.8) is 0 Å². The van der Waals surface area contributed by atoms with Crippen molar-refractivity contribution >= 4 is 33.5 Å². The van der Waals surface area contributed by atoms with Crippen LogP contribution >= 0.6 is 15.9 Å². The van der Waals surface area contributed by atoms with Crippen LogP contribution in [-0.4, -0.2) is 19.0 Å². The Morgan fingerprint density at radius 2 is 1.90 bits per heavy atom. The summed E-state index contributed by atoms with van der Waals surface area (Å²) in [6.45, 7) is 0. The standard InChI is InChI=1S/C16H14BrNO3/c1-21-16(20)13-7-2-3-8-14(13)18-15(19)10-11-5-4-6-12(17)9-11/h2-9H,10H2,1H3,(H,18,19). The normalized spacial score (nSPS) is 10.0. The van der Waals surface area contributed by atoms with Crippen LogP contribution in [0.3, 0.4) is 0 Å². The number of hydrogen-bond donors (Lipinski definition) is 1. The summed E-state index contributed by atoms with van der Waals surface area (Å²) in [5.41, 5.74) is 1.67. The number of methoxy groups -OCH3 is 1. The molecule has 0 radical (unpaired) electrons.